The van der Waals surface area contributed by atoms with E-state index >= 15 is 0 Å². The molecule has 3 heterocycles. The highest BCUT2D eigenvalue weighted by atomic mass is 32.1. The number of aromatic nitrogens is 1. The molecule has 7 heteroatoms. The van der Waals surface area contributed by atoms with E-state index in [4.69, 9.17) is 9.26 Å². The number of piperazine rings is 1. The Kier molecular flexibility index (Phi) is 5.97. The van der Waals surface area contributed by atoms with Crippen LogP contribution < -0.4 is 4.74 Å². The molecule has 0 radical (unpaired) electrons. The van der Waals surface area contributed by atoms with Gasteiger partial charge >= 0.3 is 0 Å². The van der Waals surface area contributed by atoms with Crippen molar-refractivity contribution in [1.82, 2.24) is 15.0 Å². The van der Waals surface area contributed by atoms with Gasteiger partial charge in [0.05, 0.1) is 5.56 Å². The number of carbonyl (C=O) groups excluding carboxylic acids is 1. The molecule has 0 spiro atoms. The van der Waals surface area contributed by atoms with Gasteiger partial charge in [0.2, 0.25) is 0 Å². The number of ether oxygens (including phenoxy) is 1. The van der Waals surface area contributed by atoms with E-state index in [1.54, 1.807) is 11.3 Å². The van der Waals surface area contributed by atoms with Crippen molar-refractivity contribution in [2.75, 3.05) is 26.2 Å². The van der Waals surface area contributed by atoms with Gasteiger partial charge in [-0.2, -0.15) is 0 Å². The molecule has 29 heavy (non-hydrogen) atoms. The van der Waals surface area contributed by atoms with Gasteiger partial charge in [-0.25, -0.2) is 0 Å². The van der Waals surface area contributed by atoms with E-state index in [0.717, 1.165) is 36.5 Å². The highest BCUT2D eigenvalue weighted by molar-refractivity contribution is 7.09. The molecule has 0 unspecified atom stereocenters. The molecular weight excluding hydrogens is 386 g/mol. The van der Waals surface area contributed by atoms with Gasteiger partial charge in [-0.1, -0.05) is 23.4 Å². The topological polar surface area (TPSA) is 58.8 Å². The average molecular weight is 412 g/mol. The average Bonchev–Trinajstić information content (AvgIpc) is 3.36. The van der Waals surface area contributed by atoms with Crippen LogP contribution in [0.15, 0.2) is 46.3 Å². The lowest BCUT2D eigenvalue weighted by Crippen LogP contribution is -2.48. The maximum absolute atomic E-state index is 13.1. The van der Waals surface area contributed by atoms with E-state index in [2.05, 4.69) is 27.6 Å². The van der Waals surface area contributed by atoms with Crippen molar-refractivity contribution in [3.05, 3.63) is 69.2 Å². The Morgan fingerprint density at radius 3 is 2.72 bits per heavy atom. The summed E-state index contributed by atoms with van der Waals surface area (Å²) >= 11 is 1.77. The Balaban J connectivity index is 1.38. The van der Waals surface area contributed by atoms with E-state index in [-0.39, 0.29) is 12.5 Å². The summed E-state index contributed by atoms with van der Waals surface area (Å²) in [6.45, 7) is 8.13. The molecule has 0 aliphatic carbocycles. The predicted molar refractivity (Wildman–Crippen MR) is 112 cm³/mol. The summed E-state index contributed by atoms with van der Waals surface area (Å²) in [5, 5.41) is 6.14. The van der Waals surface area contributed by atoms with Crippen molar-refractivity contribution in [2.45, 2.75) is 27.0 Å². The zero-order valence-corrected chi connectivity index (χ0v) is 17.6. The van der Waals surface area contributed by atoms with Crippen LogP contribution in [0.25, 0.3) is 0 Å². The van der Waals surface area contributed by atoms with E-state index in [9.17, 15) is 4.79 Å². The number of hydrogen-bond donors (Lipinski definition) is 0. The number of aryl methyl sites for hydroxylation is 2. The highest BCUT2D eigenvalue weighted by Crippen LogP contribution is 2.21. The van der Waals surface area contributed by atoms with Crippen molar-refractivity contribution < 1.29 is 14.1 Å². The van der Waals surface area contributed by atoms with Crippen molar-refractivity contribution in [3.63, 3.8) is 0 Å². The lowest BCUT2D eigenvalue weighted by molar-refractivity contribution is 0.0617. The molecule has 152 valence electrons. The summed E-state index contributed by atoms with van der Waals surface area (Å²) in [6, 6.07) is 12.1. The van der Waals surface area contributed by atoms with Gasteiger partial charge in [0.1, 0.15) is 18.1 Å². The van der Waals surface area contributed by atoms with Crippen LogP contribution in [0.5, 0.6) is 5.75 Å². The third kappa shape index (κ3) is 4.68. The first kappa shape index (κ1) is 19.7. The minimum absolute atomic E-state index is 0.0829. The van der Waals surface area contributed by atoms with Gasteiger partial charge in [-0.05, 0) is 43.0 Å². The van der Waals surface area contributed by atoms with Crippen LogP contribution in [-0.4, -0.2) is 47.0 Å². The largest absolute Gasteiger partial charge is 0.489 e. The Morgan fingerprint density at radius 2 is 2.00 bits per heavy atom. The van der Waals surface area contributed by atoms with Gasteiger partial charge in [0.25, 0.3) is 5.91 Å². The summed E-state index contributed by atoms with van der Waals surface area (Å²) < 4.78 is 11.2. The highest BCUT2D eigenvalue weighted by Gasteiger charge is 2.28. The number of benzene rings is 1. The molecular formula is C22H25N3O3S. The molecule has 3 aromatic rings. The van der Waals surface area contributed by atoms with E-state index in [1.165, 1.54) is 4.88 Å². The van der Waals surface area contributed by atoms with Crippen LogP contribution in [0.3, 0.4) is 0 Å². The van der Waals surface area contributed by atoms with E-state index in [0.29, 0.717) is 24.5 Å². The van der Waals surface area contributed by atoms with Crippen LogP contribution in [0.2, 0.25) is 0 Å². The van der Waals surface area contributed by atoms with Gasteiger partial charge in [0.15, 0.2) is 5.69 Å². The minimum Gasteiger partial charge on any atom is -0.489 e. The SMILES string of the molecule is Cc1cccc(OCc2c(C(=O)N3CCN(Cc4cccs4)CC3)noc2C)c1. The molecule has 1 aromatic carbocycles. The minimum atomic E-state index is -0.0829. The standard InChI is InChI=1S/C22H25N3O3S/c1-16-5-3-6-18(13-16)27-15-20-17(2)28-23-21(20)22(26)25-10-8-24(9-11-25)14-19-7-4-12-29-19/h3-7,12-13H,8-11,14-15H2,1-2H3. The molecule has 1 fully saturated rings. The number of amides is 1. The number of rotatable bonds is 6. The second-order valence-electron chi connectivity index (χ2n) is 7.32. The van der Waals surface area contributed by atoms with Crippen LogP contribution in [0.4, 0.5) is 0 Å². The summed E-state index contributed by atoms with van der Waals surface area (Å²) in [6.07, 6.45) is 0. The van der Waals surface area contributed by atoms with Crippen molar-refractivity contribution >= 4 is 17.2 Å². The third-order valence-corrected chi connectivity index (χ3v) is 6.04. The fourth-order valence-electron chi connectivity index (χ4n) is 3.47. The summed E-state index contributed by atoms with van der Waals surface area (Å²) in [5.41, 5.74) is 2.21. The predicted octanol–water partition coefficient (Wildman–Crippen LogP) is 3.89. The zero-order chi connectivity index (χ0) is 20.2. The van der Waals surface area contributed by atoms with Crippen molar-refractivity contribution in [1.29, 1.82) is 0 Å². The summed E-state index contributed by atoms with van der Waals surface area (Å²) in [5.74, 6) is 1.31. The summed E-state index contributed by atoms with van der Waals surface area (Å²) in [4.78, 5) is 18.6. The molecule has 1 saturated heterocycles. The van der Waals surface area contributed by atoms with Crippen LogP contribution in [0.1, 0.15) is 32.3 Å². The first-order chi connectivity index (χ1) is 14.1. The van der Waals surface area contributed by atoms with E-state index < -0.39 is 0 Å². The van der Waals surface area contributed by atoms with Crippen molar-refractivity contribution in [2.24, 2.45) is 0 Å². The molecule has 4 rings (SSSR count). The fourth-order valence-corrected chi connectivity index (χ4v) is 4.22. The Labute approximate surface area is 174 Å². The Bertz CT molecular complexity index is 960. The van der Waals surface area contributed by atoms with Crippen LogP contribution >= 0.6 is 11.3 Å². The lowest BCUT2D eigenvalue weighted by Gasteiger charge is -2.34. The molecule has 0 atom stereocenters. The molecule has 2 aromatic heterocycles. The number of nitrogens with zero attached hydrogens (tertiary/aromatic N) is 3. The summed E-state index contributed by atoms with van der Waals surface area (Å²) in [7, 11) is 0. The molecule has 0 N–H and O–H groups in total. The number of carbonyl (C=O) groups is 1. The Morgan fingerprint density at radius 1 is 1.17 bits per heavy atom. The molecule has 1 aliphatic rings. The first-order valence-electron chi connectivity index (χ1n) is 9.79. The second kappa shape index (κ2) is 8.80. The third-order valence-electron chi connectivity index (χ3n) is 5.18. The normalized spacial score (nSPS) is 14.9. The Hall–Kier alpha value is -2.64. The number of thiophene rings is 1. The van der Waals surface area contributed by atoms with Crippen molar-refractivity contribution in [3.8, 4) is 5.75 Å². The molecule has 6 nitrogen and oxygen atoms in total. The van der Waals surface area contributed by atoms with Crippen LogP contribution in [-0.2, 0) is 13.2 Å². The van der Waals surface area contributed by atoms with Gasteiger partial charge in [0, 0.05) is 37.6 Å². The zero-order valence-electron chi connectivity index (χ0n) is 16.8. The smallest absolute Gasteiger partial charge is 0.276 e. The molecule has 1 amide bonds. The molecule has 0 saturated carbocycles. The number of hydrogen-bond acceptors (Lipinski definition) is 6. The lowest BCUT2D eigenvalue weighted by atomic mass is 10.1. The fraction of sp³-hybridized carbons (Fsp3) is 0.364. The maximum Gasteiger partial charge on any atom is 0.276 e. The quantitative estimate of drug-likeness (QED) is 0.616. The van der Waals surface area contributed by atoms with Crippen LogP contribution in [0, 0.1) is 13.8 Å². The second-order valence-corrected chi connectivity index (χ2v) is 8.35. The molecule has 1 aliphatic heterocycles. The first-order valence-corrected chi connectivity index (χ1v) is 10.7. The maximum atomic E-state index is 13.1. The monoisotopic (exact) mass is 411 g/mol. The van der Waals surface area contributed by atoms with E-state index in [1.807, 2.05) is 43.0 Å². The van der Waals surface area contributed by atoms with Gasteiger partial charge in [-0.15, -0.1) is 11.3 Å². The van der Waals surface area contributed by atoms with Gasteiger partial charge < -0.3 is 14.2 Å². The molecule has 0 bridgehead atoms. The van der Waals surface area contributed by atoms with Gasteiger partial charge in [-0.3, -0.25) is 9.69 Å².